The van der Waals surface area contributed by atoms with Gasteiger partial charge in [0.15, 0.2) is 5.96 Å². The lowest BCUT2D eigenvalue weighted by atomic mass is 10.1. The van der Waals surface area contributed by atoms with Crippen molar-refractivity contribution in [3.63, 3.8) is 0 Å². The monoisotopic (exact) mass is 361 g/mol. The van der Waals surface area contributed by atoms with Crippen LogP contribution in [0.4, 0.5) is 0 Å². The zero-order chi connectivity index (χ0) is 19.1. The number of aliphatic imine (C=N–C) groups is 1. The summed E-state index contributed by atoms with van der Waals surface area (Å²) in [5.41, 5.74) is 1.07. The summed E-state index contributed by atoms with van der Waals surface area (Å²) in [5.74, 6) is 2.14. The van der Waals surface area contributed by atoms with Crippen LogP contribution in [0.5, 0.6) is 5.88 Å². The SMILES string of the molecule is CCNC(=NCc1ccc(OC(C)C)nc1)NC1CN(C(C)C)CC1C. The molecule has 0 amide bonds. The number of hydrogen-bond acceptors (Lipinski definition) is 4. The first-order chi connectivity index (χ1) is 12.4. The van der Waals surface area contributed by atoms with Gasteiger partial charge in [0.25, 0.3) is 0 Å². The van der Waals surface area contributed by atoms with E-state index in [4.69, 9.17) is 9.73 Å². The van der Waals surface area contributed by atoms with E-state index in [2.05, 4.69) is 48.2 Å². The van der Waals surface area contributed by atoms with Gasteiger partial charge in [0.1, 0.15) is 0 Å². The summed E-state index contributed by atoms with van der Waals surface area (Å²) < 4.78 is 5.59. The molecule has 2 rings (SSSR count). The Morgan fingerprint density at radius 1 is 1.31 bits per heavy atom. The molecule has 146 valence electrons. The minimum atomic E-state index is 0.134. The first-order valence-corrected chi connectivity index (χ1v) is 9.79. The molecule has 0 aliphatic carbocycles. The number of hydrogen-bond donors (Lipinski definition) is 2. The molecule has 2 heterocycles. The van der Waals surface area contributed by atoms with Crippen molar-refractivity contribution in [3.8, 4) is 5.88 Å². The van der Waals surface area contributed by atoms with Gasteiger partial charge in [-0.1, -0.05) is 13.0 Å². The summed E-state index contributed by atoms with van der Waals surface area (Å²) in [4.78, 5) is 11.6. The van der Waals surface area contributed by atoms with Gasteiger partial charge in [-0.25, -0.2) is 9.98 Å². The van der Waals surface area contributed by atoms with Gasteiger partial charge in [-0.3, -0.25) is 4.90 Å². The number of guanidine groups is 1. The van der Waals surface area contributed by atoms with E-state index in [0.29, 0.717) is 30.4 Å². The highest BCUT2D eigenvalue weighted by atomic mass is 16.5. The number of ether oxygens (including phenoxy) is 1. The normalized spacial score (nSPS) is 21.5. The van der Waals surface area contributed by atoms with Gasteiger partial charge in [-0.15, -0.1) is 0 Å². The third kappa shape index (κ3) is 6.16. The van der Waals surface area contributed by atoms with Crippen molar-refractivity contribution >= 4 is 5.96 Å². The first-order valence-electron chi connectivity index (χ1n) is 9.79. The van der Waals surface area contributed by atoms with Crippen molar-refractivity contribution in [2.45, 2.75) is 66.3 Å². The van der Waals surface area contributed by atoms with Crippen LogP contribution < -0.4 is 15.4 Å². The average molecular weight is 362 g/mol. The van der Waals surface area contributed by atoms with Gasteiger partial charge in [-0.05, 0) is 46.1 Å². The lowest BCUT2D eigenvalue weighted by Crippen LogP contribution is -2.46. The van der Waals surface area contributed by atoms with Crippen LogP contribution in [0.3, 0.4) is 0 Å². The molecule has 26 heavy (non-hydrogen) atoms. The second kappa shape index (κ2) is 9.76. The van der Waals surface area contributed by atoms with Crippen molar-refractivity contribution in [2.75, 3.05) is 19.6 Å². The second-order valence-electron chi connectivity index (χ2n) is 7.64. The predicted octanol–water partition coefficient (Wildman–Crippen LogP) is 2.65. The lowest BCUT2D eigenvalue weighted by molar-refractivity contribution is 0.232. The fourth-order valence-corrected chi connectivity index (χ4v) is 3.10. The highest BCUT2D eigenvalue weighted by Crippen LogP contribution is 2.18. The van der Waals surface area contributed by atoms with Crippen LogP contribution in [0.2, 0.25) is 0 Å². The fourth-order valence-electron chi connectivity index (χ4n) is 3.10. The summed E-state index contributed by atoms with van der Waals surface area (Å²) in [6, 6.07) is 4.94. The minimum Gasteiger partial charge on any atom is -0.475 e. The molecule has 6 nitrogen and oxygen atoms in total. The van der Waals surface area contributed by atoms with Crippen molar-refractivity contribution in [3.05, 3.63) is 23.9 Å². The molecule has 1 saturated heterocycles. The third-order valence-corrected chi connectivity index (χ3v) is 4.61. The summed E-state index contributed by atoms with van der Waals surface area (Å²) >= 11 is 0. The molecule has 0 spiro atoms. The quantitative estimate of drug-likeness (QED) is 0.577. The van der Waals surface area contributed by atoms with Crippen LogP contribution in [0.15, 0.2) is 23.3 Å². The molecule has 1 aliphatic rings. The molecule has 1 fully saturated rings. The maximum Gasteiger partial charge on any atom is 0.213 e. The summed E-state index contributed by atoms with van der Waals surface area (Å²) in [6.45, 7) is 16.6. The van der Waals surface area contributed by atoms with Gasteiger partial charge in [0.2, 0.25) is 5.88 Å². The van der Waals surface area contributed by atoms with E-state index in [1.165, 1.54) is 0 Å². The average Bonchev–Trinajstić information content (AvgIpc) is 2.95. The molecule has 0 radical (unpaired) electrons. The molecule has 1 aromatic heterocycles. The Labute approximate surface area is 158 Å². The van der Waals surface area contributed by atoms with Gasteiger partial charge in [0, 0.05) is 44.0 Å². The Balaban J connectivity index is 1.96. The summed E-state index contributed by atoms with van der Waals surface area (Å²) in [5, 5.41) is 6.97. The smallest absolute Gasteiger partial charge is 0.213 e. The maximum absolute atomic E-state index is 5.59. The zero-order valence-corrected chi connectivity index (χ0v) is 17.1. The first kappa shape index (κ1) is 20.5. The second-order valence-corrected chi connectivity index (χ2v) is 7.64. The molecule has 2 unspecified atom stereocenters. The molecule has 2 N–H and O–H groups in total. The van der Waals surface area contributed by atoms with Crippen molar-refractivity contribution in [1.82, 2.24) is 20.5 Å². The van der Waals surface area contributed by atoms with E-state index in [-0.39, 0.29) is 6.10 Å². The molecular weight excluding hydrogens is 326 g/mol. The Morgan fingerprint density at radius 2 is 2.08 bits per heavy atom. The third-order valence-electron chi connectivity index (χ3n) is 4.61. The highest BCUT2D eigenvalue weighted by molar-refractivity contribution is 5.80. The van der Waals surface area contributed by atoms with Crippen LogP contribution >= 0.6 is 0 Å². The Hall–Kier alpha value is -1.82. The van der Waals surface area contributed by atoms with Gasteiger partial charge in [0.05, 0.1) is 12.6 Å². The maximum atomic E-state index is 5.59. The molecule has 2 atom stereocenters. The van der Waals surface area contributed by atoms with E-state index in [1.807, 2.05) is 32.2 Å². The standard InChI is InChI=1S/C20H35N5O/c1-7-21-20(24-18-13-25(14(2)3)12-16(18)6)23-11-17-8-9-19(22-10-17)26-15(4)5/h8-10,14-16,18H,7,11-13H2,1-6H3,(H2,21,23,24). The number of likely N-dealkylation sites (tertiary alicyclic amines) is 1. The van der Waals surface area contributed by atoms with Crippen molar-refractivity contribution < 1.29 is 4.74 Å². The van der Waals surface area contributed by atoms with Crippen molar-refractivity contribution in [2.24, 2.45) is 10.9 Å². The van der Waals surface area contributed by atoms with Gasteiger partial charge < -0.3 is 15.4 Å². The minimum absolute atomic E-state index is 0.134. The number of aromatic nitrogens is 1. The van der Waals surface area contributed by atoms with Crippen LogP contribution in [-0.4, -0.2) is 53.7 Å². The van der Waals surface area contributed by atoms with Crippen LogP contribution in [0.25, 0.3) is 0 Å². The molecule has 6 heteroatoms. The molecule has 0 aromatic carbocycles. The molecule has 0 bridgehead atoms. The topological polar surface area (TPSA) is 61.8 Å². The largest absolute Gasteiger partial charge is 0.475 e. The number of rotatable bonds is 7. The van der Waals surface area contributed by atoms with Gasteiger partial charge >= 0.3 is 0 Å². The number of nitrogens with zero attached hydrogens (tertiary/aromatic N) is 3. The molecule has 0 saturated carbocycles. The number of pyridine rings is 1. The Morgan fingerprint density at radius 3 is 2.62 bits per heavy atom. The summed E-state index contributed by atoms with van der Waals surface area (Å²) in [7, 11) is 0. The fraction of sp³-hybridized carbons (Fsp3) is 0.700. The van der Waals surface area contributed by atoms with E-state index in [9.17, 15) is 0 Å². The van der Waals surface area contributed by atoms with E-state index in [1.54, 1.807) is 0 Å². The van der Waals surface area contributed by atoms with Crippen molar-refractivity contribution in [1.29, 1.82) is 0 Å². The van der Waals surface area contributed by atoms with Crippen LogP contribution in [0.1, 0.15) is 47.1 Å². The summed E-state index contributed by atoms with van der Waals surface area (Å²) in [6.07, 6.45) is 1.97. The van der Waals surface area contributed by atoms with Gasteiger partial charge in [-0.2, -0.15) is 0 Å². The highest BCUT2D eigenvalue weighted by Gasteiger charge is 2.31. The molecule has 1 aliphatic heterocycles. The zero-order valence-electron chi connectivity index (χ0n) is 17.1. The molecule has 1 aromatic rings. The van der Waals surface area contributed by atoms with E-state index in [0.717, 1.165) is 31.2 Å². The van der Waals surface area contributed by atoms with E-state index < -0.39 is 0 Å². The number of nitrogens with one attached hydrogen (secondary N) is 2. The van der Waals surface area contributed by atoms with Crippen LogP contribution in [-0.2, 0) is 6.54 Å². The Bertz CT molecular complexity index is 570. The predicted molar refractivity (Wildman–Crippen MR) is 108 cm³/mol. The van der Waals surface area contributed by atoms with E-state index >= 15 is 0 Å². The van der Waals surface area contributed by atoms with Crippen LogP contribution in [0, 0.1) is 5.92 Å². The lowest BCUT2D eigenvalue weighted by Gasteiger charge is -2.22. The Kier molecular flexibility index (Phi) is 7.69. The molecular formula is C20H35N5O.